The fourth-order valence-corrected chi connectivity index (χ4v) is 1.12. The first-order valence-electron chi connectivity index (χ1n) is 5.13. The summed E-state index contributed by atoms with van der Waals surface area (Å²) in [5, 5.41) is 0. The Morgan fingerprint density at radius 2 is 2.00 bits per heavy atom. The molecule has 0 amide bonds. The predicted octanol–water partition coefficient (Wildman–Crippen LogP) is 2.75. The second kappa shape index (κ2) is 6.85. The van der Waals surface area contributed by atoms with E-state index in [0.717, 1.165) is 18.6 Å². The van der Waals surface area contributed by atoms with Crippen LogP contribution in [-0.4, -0.2) is 12.6 Å². The van der Waals surface area contributed by atoms with E-state index in [9.17, 15) is 4.79 Å². The molecule has 0 aliphatic heterocycles. The molecule has 0 spiro atoms. The first-order chi connectivity index (χ1) is 7.77. The molecule has 1 radical (unpaired) electrons. The number of unbranched alkanes of at least 4 members (excludes halogenated alkanes) is 1. The summed E-state index contributed by atoms with van der Waals surface area (Å²) in [4.78, 5) is 19.5. The molecule has 1 aromatic carbocycles. The van der Waals surface area contributed by atoms with Crippen molar-refractivity contribution in [1.82, 2.24) is 0 Å². The van der Waals surface area contributed by atoms with Gasteiger partial charge in [0, 0.05) is 0 Å². The minimum absolute atomic E-state index is 0.395. The third-order valence-electron chi connectivity index (χ3n) is 1.99. The van der Waals surface area contributed by atoms with Gasteiger partial charge in [0.15, 0.2) is 0 Å². The van der Waals surface area contributed by atoms with Crippen molar-refractivity contribution in [3.8, 4) is 5.75 Å². The summed E-state index contributed by atoms with van der Waals surface area (Å²) < 4.78 is 5.45. The highest BCUT2D eigenvalue weighted by atomic mass is 17.2. The van der Waals surface area contributed by atoms with Gasteiger partial charge < -0.3 is 4.74 Å². The first kappa shape index (κ1) is 12.5. The van der Waals surface area contributed by atoms with Gasteiger partial charge in [0.05, 0.1) is 12.2 Å². The molecule has 1 rings (SSSR count). The van der Waals surface area contributed by atoms with Gasteiger partial charge in [-0.3, -0.25) is 4.89 Å². The molecule has 87 valence electrons. The van der Waals surface area contributed by atoms with E-state index in [4.69, 9.17) is 4.74 Å². The molecule has 4 nitrogen and oxygen atoms in total. The van der Waals surface area contributed by atoms with Gasteiger partial charge in [0.25, 0.3) is 0 Å². The number of rotatable bonds is 6. The summed E-state index contributed by atoms with van der Waals surface area (Å²) in [6, 6.07) is 6.66. The van der Waals surface area contributed by atoms with Crippen molar-refractivity contribution < 1.29 is 19.3 Å². The lowest BCUT2D eigenvalue weighted by atomic mass is 10.2. The largest absolute Gasteiger partial charge is 0.494 e. The van der Waals surface area contributed by atoms with Crippen LogP contribution in [0.2, 0.25) is 0 Å². The van der Waals surface area contributed by atoms with Crippen molar-refractivity contribution >= 4 is 5.97 Å². The van der Waals surface area contributed by atoms with Gasteiger partial charge in [-0.15, -0.1) is 0 Å². The zero-order chi connectivity index (χ0) is 11.8. The Labute approximate surface area is 95.1 Å². The van der Waals surface area contributed by atoms with Crippen molar-refractivity contribution in [3.63, 3.8) is 0 Å². The van der Waals surface area contributed by atoms with E-state index < -0.39 is 5.97 Å². The molecule has 4 heteroatoms. The highest BCUT2D eigenvalue weighted by Crippen LogP contribution is 2.13. The molecule has 0 heterocycles. The third-order valence-corrected chi connectivity index (χ3v) is 1.99. The van der Waals surface area contributed by atoms with Crippen LogP contribution in [0, 0.1) is 7.11 Å². The van der Waals surface area contributed by atoms with Crippen LogP contribution in [0.4, 0.5) is 0 Å². The van der Waals surface area contributed by atoms with Gasteiger partial charge in [-0.05, 0) is 30.7 Å². The lowest BCUT2D eigenvalue weighted by Gasteiger charge is -2.05. The Balaban J connectivity index is 2.50. The van der Waals surface area contributed by atoms with Crippen LogP contribution < -0.4 is 4.74 Å². The molecule has 0 saturated carbocycles. The second-order valence-electron chi connectivity index (χ2n) is 3.22. The van der Waals surface area contributed by atoms with Crippen molar-refractivity contribution in [1.29, 1.82) is 0 Å². The third kappa shape index (κ3) is 3.90. The molecule has 16 heavy (non-hydrogen) atoms. The van der Waals surface area contributed by atoms with Crippen LogP contribution in [0.5, 0.6) is 5.75 Å². The van der Waals surface area contributed by atoms with Gasteiger partial charge in [-0.1, -0.05) is 13.3 Å². The minimum Gasteiger partial charge on any atom is -0.494 e. The zero-order valence-electron chi connectivity index (χ0n) is 9.27. The van der Waals surface area contributed by atoms with E-state index in [-0.39, 0.29) is 0 Å². The summed E-state index contributed by atoms with van der Waals surface area (Å²) in [7, 11) is 2.95. The van der Waals surface area contributed by atoms with Crippen molar-refractivity contribution in [3.05, 3.63) is 36.9 Å². The number of carbonyl (C=O) groups is 1. The average molecular weight is 223 g/mol. The maximum absolute atomic E-state index is 11.2. The van der Waals surface area contributed by atoms with E-state index in [0.29, 0.717) is 12.2 Å². The normalized spacial score (nSPS) is 9.88. The van der Waals surface area contributed by atoms with Gasteiger partial charge in [0.2, 0.25) is 0 Å². The Kier molecular flexibility index (Phi) is 5.36. The fraction of sp³-hybridized carbons (Fsp3) is 0.333. The Morgan fingerprint density at radius 3 is 2.56 bits per heavy atom. The summed E-state index contributed by atoms with van der Waals surface area (Å²) in [6.45, 7) is 2.78. The minimum atomic E-state index is -0.574. The SMILES string of the molecule is [CH2]OOC(=O)c1ccc(OCCCC)cc1. The predicted molar refractivity (Wildman–Crippen MR) is 58.7 cm³/mol. The average Bonchev–Trinajstić information content (AvgIpc) is 2.30. The first-order valence-corrected chi connectivity index (χ1v) is 5.13. The molecule has 0 aromatic heterocycles. The maximum Gasteiger partial charge on any atom is 0.373 e. The van der Waals surface area contributed by atoms with E-state index in [1.165, 1.54) is 0 Å². The molecule has 0 atom stereocenters. The standard InChI is InChI=1S/C12H15O4/c1-3-4-9-15-11-7-5-10(6-8-11)12(13)16-14-2/h5-8H,2-4,9H2,1H3. The molecular formula is C12H15O4. The molecule has 0 bridgehead atoms. The molecular weight excluding hydrogens is 208 g/mol. The summed E-state index contributed by atoms with van der Waals surface area (Å²) in [6.07, 6.45) is 2.10. The van der Waals surface area contributed by atoms with E-state index in [2.05, 4.69) is 23.8 Å². The molecule has 0 fully saturated rings. The molecule has 0 saturated heterocycles. The molecule has 0 aliphatic rings. The topological polar surface area (TPSA) is 44.8 Å². The van der Waals surface area contributed by atoms with Gasteiger partial charge >= 0.3 is 5.97 Å². The number of hydrogen-bond acceptors (Lipinski definition) is 4. The van der Waals surface area contributed by atoms with Crippen LogP contribution in [0.3, 0.4) is 0 Å². The summed E-state index contributed by atoms with van der Waals surface area (Å²) in [5.41, 5.74) is 0.395. The highest BCUT2D eigenvalue weighted by molar-refractivity contribution is 5.89. The lowest BCUT2D eigenvalue weighted by Crippen LogP contribution is -2.03. The maximum atomic E-state index is 11.2. The van der Waals surface area contributed by atoms with Gasteiger partial charge in [-0.25, -0.2) is 4.79 Å². The van der Waals surface area contributed by atoms with Gasteiger partial charge in [0.1, 0.15) is 12.9 Å². The van der Waals surface area contributed by atoms with Gasteiger partial charge in [-0.2, -0.15) is 4.89 Å². The fourth-order valence-electron chi connectivity index (χ4n) is 1.12. The van der Waals surface area contributed by atoms with Crippen LogP contribution in [0.25, 0.3) is 0 Å². The van der Waals surface area contributed by atoms with Crippen molar-refractivity contribution in [2.75, 3.05) is 6.61 Å². The van der Waals surface area contributed by atoms with E-state index in [1.807, 2.05) is 0 Å². The van der Waals surface area contributed by atoms with E-state index in [1.54, 1.807) is 24.3 Å². The molecule has 0 unspecified atom stereocenters. The van der Waals surface area contributed by atoms with Crippen LogP contribution in [0.1, 0.15) is 30.1 Å². The summed E-state index contributed by atoms with van der Waals surface area (Å²) >= 11 is 0. The number of benzene rings is 1. The molecule has 0 aliphatic carbocycles. The zero-order valence-corrected chi connectivity index (χ0v) is 9.27. The molecule has 1 aromatic rings. The van der Waals surface area contributed by atoms with Crippen LogP contribution in [-0.2, 0) is 9.78 Å². The number of carbonyl (C=O) groups excluding carboxylic acids is 1. The number of hydrogen-bond donors (Lipinski definition) is 0. The van der Waals surface area contributed by atoms with Crippen molar-refractivity contribution in [2.24, 2.45) is 0 Å². The highest BCUT2D eigenvalue weighted by Gasteiger charge is 2.07. The van der Waals surface area contributed by atoms with E-state index >= 15 is 0 Å². The Morgan fingerprint density at radius 1 is 1.31 bits per heavy atom. The smallest absolute Gasteiger partial charge is 0.373 e. The lowest BCUT2D eigenvalue weighted by molar-refractivity contribution is -0.195. The molecule has 0 N–H and O–H groups in total. The monoisotopic (exact) mass is 223 g/mol. The Hall–Kier alpha value is -1.55. The van der Waals surface area contributed by atoms with Crippen LogP contribution in [0.15, 0.2) is 24.3 Å². The second-order valence-corrected chi connectivity index (χ2v) is 3.22. The Bertz CT molecular complexity index is 318. The quantitative estimate of drug-likeness (QED) is 0.422. The number of ether oxygens (including phenoxy) is 1. The summed E-state index contributed by atoms with van der Waals surface area (Å²) in [5.74, 6) is 0.163. The van der Waals surface area contributed by atoms with Crippen LogP contribution >= 0.6 is 0 Å². The van der Waals surface area contributed by atoms with Crippen molar-refractivity contribution in [2.45, 2.75) is 19.8 Å².